The Bertz CT molecular complexity index is 578. The molecule has 2 aromatic carbocycles. The van der Waals surface area contributed by atoms with Gasteiger partial charge in [0.25, 0.3) is 0 Å². The Labute approximate surface area is 127 Å². The second kappa shape index (κ2) is 6.57. The Morgan fingerprint density at radius 3 is 2.10 bits per heavy atom. The maximum atomic E-state index is 11.0. The molecule has 20 heavy (non-hydrogen) atoms. The second-order valence-corrected chi connectivity index (χ2v) is 5.59. The number of carbonyl (C=O) groups is 1. The molecule has 104 valence electrons. The molecule has 0 spiro atoms. The van der Waals surface area contributed by atoms with E-state index in [-0.39, 0.29) is 11.9 Å². The Balaban J connectivity index is 2.02. The SMILES string of the molecule is CC(=O)Nc1ccc(NC(C)c2ccc(Br)cc2)cc1. The Kier molecular flexibility index (Phi) is 4.79. The highest BCUT2D eigenvalue weighted by molar-refractivity contribution is 9.10. The average molecular weight is 333 g/mol. The molecule has 0 bridgehead atoms. The molecule has 0 aromatic heterocycles. The van der Waals surface area contributed by atoms with Crippen molar-refractivity contribution >= 4 is 33.2 Å². The summed E-state index contributed by atoms with van der Waals surface area (Å²) in [5.74, 6) is -0.0612. The predicted molar refractivity (Wildman–Crippen MR) is 86.9 cm³/mol. The molecular weight excluding hydrogens is 316 g/mol. The van der Waals surface area contributed by atoms with Crippen molar-refractivity contribution in [2.45, 2.75) is 19.9 Å². The number of amides is 1. The molecule has 0 fully saturated rings. The van der Waals surface area contributed by atoms with Crippen molar-refractivity contribution in [2.75, 3.05) is 10.6 Å². The summed E-state index contributed by atoms with van der Waals surface area (Å²) in [4.78, 5) is 11.0. The quantitative estimate of drug-likeness (QED) is 0.860. The first-order chi connectivity index (χ1) is 9.54. The Morgan fingerprint density at radius 2 is 1.55 bits per heavy atom. The highest BCUT2D eigenvalue weighted by Gasteiger charge is 2.05. The van der Waals surface area contributed by atoms with Gasteiger partial charge in [-0.25, -0.2) is 0 Å². The van der Waals surface area contributed by atoms with Crippen molar-refractivity contribution in [3.63, 3.8) is 0 Å². The molecule has 0 saturated carbocycles. The molecule has 0 aliphatic heterocycles. The molecule has 1 unspecified atom stereocenters. The minimum atomic E-state index is -0.0612. The van der Waals surface area contributed by atoms with Crippen molar-refractivity contribution in [3.05, 3.63) is 58.6 Å². The van der Waals surface area contributed by atoms with Crippen LogP contribution in [0.3, 0.4) is 0 Å². The van der Waals surface area contributed by atoms with E-state index < -0.39 is 0 Å². The van der Waals surface area contributed by atoms with E-state index in [1.165, 1.54) is 12.5 Å². The molecule has 2 rings (SSSR count). The number of hydrogen-bond acceptors (Lipinski definition) is 2. The van der Waals surface area contributed by atoms with Gasteiger partial charge >= 0.3 is 0 Å². The monoisotopic (exact) mass is 332 g/mol. The van der Waals surface area contributed by atoms with Crippen LogP contribution in [0.2, 0.25) is 0 Å². The molecule has 1 amide bonds. The summed E-state index contributed by atoms with van der Waals surface area (Å²) in [5, 5.41) is 6.18. The van der Waals surface area contributed by atoms with Gasteiger partial charge in [-0.2, -0.15) is 0 Å². The lowest BCUT2D eigenvalue weighted by Gasteiger charge is -2.16. The van der Waals surface area contributed by atoms with Crippen LogP contribution in [-0.2, 0) is 4.79 Å². The van der Waals surface area contributed by atoms with Gasteiger partial charge in [0, 0.05) is 28.8 Å². The van der Waals surface area contributed by atoms with Gasteiger partial charge in [0.2, 0.25) is 5.91 Å². The van der Waals surface area contributed by atoms with E-state index in [1.54, 1.807) is 0 Å². The normalized spacial score (nSPS) is 11.8. The van der Waals surface area contributed by atoms with Gasteiger partial charge in [0.05, 0.1) is 0 Å². The topological polar surface area (TPSA) is 41.1 Å². The molecule has 0 heterocycles. The first-order valence-electron chi connectivity index (χ1n) is 6.44. The molecule has 3 nitrogen and oxygen atoms in total. The molecule has 0 radical (unpaired) electrons. The Hall–Kier alpha value is -1.81. The van der Waals surface area contributed by atoms with Gasteiger partial charge in [-0.15, -0.1) is 0 Å². The summed E-state index contributed by atoms with van der Waals surface area (Å²) in [6, 6.07) is 16.2. The lowest BCUT2D eigenvalue weighted by atomic mass is 10.1. The fraction of sp³-hybridized carbons (Fsp3) is 0.188. The molecule has 0 aliphatic rings. The van der Waals surface area contributed by atoms with Crippen LogP contribution in [0.4, 0.5) is 11.4 Å². The first-order valence-corrected chi connectivity index (χ1v) is 7.23. The van der Waals surface area contributed by atoms with E-state index in [9.17, 15) is 4.79 Å². The maximum Gasteiger partial charge on any atom is 0.221 e. The van der Waals surface area contributed by atoms with Crippen molar-refractivity contribution in [3.8, 4) is 0 Å². The van der Waals surface area contributed by atoms with Gasteiger partial charge in [-0.3, -0.25) is 4.79 Å². The van der Waals surface area contributed by atoms with Crippen LogP contribution in [-0.4, -0.2) is 5.91 Å². The maximum absolute atomic E-state index is 11.0. The van der Waals surface area contributed by atoms with Gasteiger partial charge in [-0.05, 0) is 48.9 Å². The minimum Gasteiger partial charge on any atom is -0.379 e. The number of hydrogen-bond donors (Lipinski definition) is 2. The van der Waals surface area contributed by atoms with E-state index in [0.717, 1.165) is 15.8 Å². The van der Waals surface area contributed by atoms with Crippen LogP contribution >= 0.6 is 15.9 Å². The zero-order valence-corrected chi connectivity index (χ0v) is 13.1. The summed E-state index contributed by atoms with van der Waals surface area (Å²) in [5.41, 5.74) is 3.05. The lowest BCUT2D eigenvalue weighted by molar-refractivity contribution is -0.114. The molecule has 2 aromatic rings. The summed E-state index contributed by atoms with van der Waals surface area (Å²) >= 11 is 3.43. The fourth-order valence-electron chi connectivity index (χ4n) is 1.94. The van der Waals surface area contributed by atoms with Gasteiger partial charge in [-0.1, -0.05) is 28.1 Å². The highest BCUT2D eigenvalue weighted by atomic mass is 79.9. The summed E-state index contributed by atoms with van der Waals surface area (Å²) in [6.07, 6.45) is 0. The van der Waals surface area contributed by atoms with E-state index in [2.05, 4.69) is 45.6 Å². The van der Waals surface area contributed by atoms with Gasteiger partial charge in [0.15, 0.2) is 0 Å². The molecule has 0 saturated heterocycles. The molecule has 4 heteroatoms. The van der Waals surface area contributed by atoms with Gasteiger partial charge < -0.3 is 10.6 Å². The molecule has 2 N–H and O–H groups in total. The third kappa shape index (κ3) is 4.10. The summed E-state index contributed by atoms with van der Waals surface area (Å²) < 4.78 is 1.08. The van der Waals surface area contributed by atoms with Crippen LogP contribution in [0.15, 0.2) is 53.0 Å². The smallest absolute Gasteiger partial charge is 0.221 e. The van der Waals surface area contributed by atoms with E-state index >= 15 is 0 Å². The van der Waals surface area contributed by atoms with Gasteiger partial charge in [0.1, 0.15) is 0 Å². The van der Waals surface area contributed by atoms with Crippen molar-refractivity contribution in [1.29, 1.82) is 0 Å². The molecular formula is C16H17BrN2O. The largest absolute Gasteiger partial charge is 0.379 e. The minimum absolute atomic E-state index is 0.0612. The van der Waals surface area contributed by atoms with Crippen LogP contribution in [0.5, 0.6) is 0 Å². The highest BCUT2D eigenvalue weighted by Crippen LogP contribution is 2.22. The number of nitrogens with one attached hydrogen (secondary N) is 2. The van der Waals surface area contributed by atoms with Crippen molar-refractivity contribution in [2.24, 2.45) is 0 Å². The van der Waals surface area contributed by atoms with Crippen LogP contribution in [0, 0.1) is 0 Å². The van der Waals surface area contributed by atoms with Crippen LogP contribution in [0.1, 0.15) is 25.5 Å². The van der Waals surface area contributed by atoms with Crippen molar-refractivity contribution in [1.82, 2.24) is 0 Å². The van der Waals surface area contributed by atoms with Crippen LogP contribution < -0.4 is 10.6 Å². The third-order valence-electron chi connectivity index (χ3n) is 2.96. The third-order valence-corrected chi connectivity index (χ3v) is 3.49. The van der Waals surface area contributed by atoms with E-state index in [0.29, 0.717) is 0 Å². The summed E-state index contributed by atoms with van der Waals surface area (Å²) in [7, 11) is 0. The predicted octanol–water partition coefficient (Wildman–Crippen LogP) is 4.58. The standard InChI is InChI=1S/C16H17BrN2O/c1-11(13-3-5-14(17)6-4-13)18-15-7-9-16(10-8-15)19-12(2)20/h3-11,18H,1-2H3,(H,19,20). The van der Waals surface area contributed by atoms with E-state index in [1.807, 2.05) is 36.4 Å². The zero-order chi connectivity index (χ0) is 14.5. The second-order valence-electron chi connectivity index (χ2n) is 4.68. The number of rotatable bonds is 4. The number of carbonyl (C=O) groups excluding carboxylic acids is 1. The van der Waals surface area contributed by atoms with E-state index in [4.69, 9.17) is 0 Å². The summed E-state index contributed by atoms with van der Waals surface area (Å²) in [6.45, 7) is 3.62. The zero-order valence-electron chi connectivity index (χ0n) is 11.5. The molecule has 0 aliphatic carbocycles. The number of anilines is 2. The first kappa shape index (κ1) is 14.6. The average Bonchev–Trinajstić information content (AvgIpc) is 2.41. The number of halogens is 1. The Morgan fingerprint density at radius 1 is 1.00 bits per heavy atom. The van der Waals surface area contributed by atoms with Crippen molar-refractivity contribution < 1.29 is 4.79 Å². The number of benzene rings is 2. The fourth-order valence-corrected chi connectivity index (χ4v) is 2.20. The lowest BCUT2D eigenvalue weighted by Crippen LogP contribution is -2.07. The van der Waals surface area contributed by atoms with Crippen LogP contribution in [0.25, 0.3) is 0 Å². The molecule has 1 atom stereocenters.